The molecule has 0 saturated heterocycles. The molecule has 1 amide bonds. The number of aromatic nitrogens is 1. The van der Waals surface area contributed by atoms with E-state index in [9.17, 15) is 4.79 Å². The summed E-state index contributed by atoms with van der Waals surface area (Å²) in [6.07, 6.45) is 2.38. The second-order valence-corrected chi connectivity index (χ2v) is 4.82. The number of nitrogens with zero attached hydrogens (tertiary/aromatic N) is 2. The highest BCUT2D eigenvalue weighted by atomic mass is 16.5. The number of rotatable bonds is 7. The maximum absolute atomic E-state index is 12.2. The van der Waals surface area contributed by atoms with Gasteiger partial charge in [0.1, 0.15) is 11.9 Å². The summed E-state index contributed by atoms with van der Waals surface area (Å²) < 4.78 is 4.97. The van der Waals surface area contributed by atoms with E-state index in [1.807, 2.05) is 6.07 Å². The lowest BCUT2D eigenvalue weighted by atomic mass is 10.2. The van der Waals surface area contributed by atoms with Gasteiger partial charge in [-0.15, -0.1) is 0 Å². The van der Waals surface area contributed by atoms with E-state index in [1.165, 1.54) is 6.20 Å². The van der Waals surface area contributed by atoms with Crippen LogP contribution in [-0.4, -0.2) is 31.2 Å². The molecule has 23 heavy (non-hydrogen) atoms. The van der Waals surface area contributed by atoms with E-state index in [-0.39, 0.29) is 5.91 Å². The van der Waals surface area contributed by atoms with Gasteiger partial charge in [-0.25, -0.2) is 4.98 Å². The topological polar surface area (TPSA) is 87.0 Å². The molecule has 1 heterocycles. The molecule has 1 aromatic heterocycles. The summed E-state index contributed by atoms with van der Waals surface area (Å²) >= 11 is 0. The summed E-state index contributed by atoms with van der Waals surface area (Å²) in [5, 5.41) is 14.9. The molecule has 2 rings (SSSR count). The number of para-hydroxylation sites is 1. The SMILES string of the molecule is COCCCNc1ccc(C(=O)Nc2ccccc2C#N)cn1. The number of ether oxygens (including phenoxy) is 1. The van der Waals surface area contributed by atoms with Crippen molar-refractivity contribution in [2.75, 3.05) is 30.9 Å². The van der Waals surface area contributed by atoms with Crippen LogP contribution in [0.25, 0.3) is 0 Å². The number of hydrogen-bond acceptors (Lipinski definition) is 5. The predicted molar refractivity (Wildman–Crippen MR) is 88.3 cm³/mol. The first-order valence-corrected chi connectivity index (χ1v) is 7.24. The molecular formula is C17H18N4O2. The van der Waals surface area contributed by atoms with E-state index in [1.54, 1.807) is 43.5 Å². The van der Waals surface area contributed by atoms with Crippen molar-refractivity contribution in [1.82, 2.24) is 4.98 Å². The minimum atomic E-state index is -0.300. The molecule has 2 N–H and O–H groups in total. The standard InChI is InChI=1S/C17H18N4O2/c1-23-10-4-9-19-16-8-7-14(12-20-16)17(22)21-15-6-3-2-5-13(15)11-18/h2-3,5-8,12H,4,9-10H2,1H3,(H,19,20)(H,21,22). The Balaban J connectivity index is 1.96. The molecule has 6 nitrogen and oxygen atoms in total. The van der Waals surface area contributed by atoms with Crippen LogP contribution >= 0.6 is 0 Å². The van der Waals surface area contributed by atoms with Crippen molar-refractivity contribution in [1.29, 1.82) is 5.26 Å². The minimum absolute atomic E-state index is 0.300. The number of anilines is 2. The number of nitrogens with one attached hydrogen (secondary N) is 2. The van der Waals surface area contributed by atoms with E-state index in [0.29, 0.717) is 29.2 Å². The van der Waals surface area contributed by atoms with E-state index in [2.05, 4.69) is 15.6 Å². The zero-order valence-corrected chi connectivity index (χ0v) is 12.9. The molecule has 0 aliphatic carbocycles. The monoisotopic (exact) mass is 310 g/mol. The van der Waals surface area contributed by atoms with Crippen LogP contribution in [-0.2, 0) is 4.74 Å². The number of benzene rings is 1. The maximum Gasteiger partial charge on any atom is 0.257 e. The van der Waals surface area contributed by atoms with Gasteiger partial charge in [-0.1, -0.05) is 12.1 Å². The van der Waals surface area contributed by atoms with Crippen molar-refractivity contribution < 1.29 is 9.53 Å². The Morgan fingerprint density at radius 1 is 1.30 bits per heavy atom. The number of nitriles is 1. The summed E-state index contributed by atoms with van der Waals surface area (Å²) in [6, 6.07) is 12.3. The Morgan fingerprint density at radius 2 is 2.13 bits per heavy atom. The molecule has 0 saturated carbocycles. The fourth-order valence-electron chi connectivity index (χ4n) is 1.95. The van der Waals surface area contributed by atoms with E-state index in [4.69, 9.17) is 10.00 Å². The highest BCUT2D eigenvalue weighted by Gasteiger charge is 2.09. The fourth-order valence-corrected chi connectivity index (χ4v) is 1.95. The molecule has 0 fully saturated rings. The second kappa shape index (κ2) is 8.51. The number of carbonyl (C=O) groups is 1. The molecule has 0 radical (unpaired) electrons. The van der Waals surface area contributed by atoms with Crippen molar-refractivity contribution in [3.63, 3.8) is 0 Å². The van der Waals surface area contributed by atoms with Gasteiger partial charge in [0.15, 0.2) is 0 Å². The van der Waals surface area contributed by atoms with Gasteiger partial charge in [0.05, 0.1) is 16.8 Å². The second-order valence-electron chi connectivity index (χ2n) is 4.82. The van der Waals surface area contributed by atoms with Crippen molar-refractivity contribution in [2.45, 2.75) is 6.42 Å². The third-order valence-electron chi connectivity index (χ3n) is 3.15. The van der Waals surface area contributed by atoms with E-state index in [0.717, 1.165) is 13.0 Å². The van der Waals surface area contributed by atoms with Crippen molar-refractivity contribution >= 4 is 17.4 Å². The van der Waals surface area contributed by atoms with Gasteiger partial charge in [0, 0.05) is 26.5 Å². The number of hydrogen-bond donors (Lipinski definition) is 2. The van der Waals surface area contributed by atoms with Gasteiger partial charge < -0.3 is 15.4 Å². The van der Waals surface area contributed by atoms with Gasteiger partial charge >= 0.3 is 0 Å². The molecule has 1 aromatic carbocycles. The zero-order chi connectivity index (χ0) is 16.5. The van der Waals surface area contributed by atoms with Crippen LogP contribution in [0.2, 0.25) is 0 Å². The van der Waals surface area contributed by atoms with Crippen LogP contribution in [0.1, 0.15) is 22.3 Å². The molecule has 0 aliphatic heterocycles. The minimum Gasteiger partial charge on any atom is -0.385 e. The highest BCUT2D eigenvalue weighted by Crippen LogP contribution is 2.15. The third-order valence-corrected chi connectivity index (χ3v) is 3.15. The lowest BCUT2D eigenvalue weighted by molar-refractivity contribution is 0.102. The van der Waals surface area contributed by atoms with Gasteiger partial charge in [-0.05, 0) is 30.7 Å². The summed E-state index contributed by atoms with van der Waals surface area (Å²) in [7, 11) is 1.66. The van der Waals surface area contributed by atoms with Crippen LogP contribution in [0, 0.1) is 11.3 Å². The van der Waals surface area contributed by atoms with Crippen molar-refractivity contribution in [3.8, 4) is 6.07 Å². The van der Waals surface area contributed by atoms with Crippen LogP contribution in [0.3, 0.4) is 0 Å². The average molecular weight is 310 g/mol. The molecular weight excluding hydrogens is 292 g/mol. The van der Waals surface area contributed by atoms with Gasteiger partial charge in [0.25, 0.3) is 5.91 Å². The molecule has 0 atom stereocenters. The highest BCUT2D eigenvalue weighted by molar-refractivity contribution is 6.04. The molecule has 0 bridgehead atoms. The maximum atomic E-state index is 12.2. The molecule has 0 aliphatic rings. The summed E-state index contributed by atoms with van der Waals surface area (Å²) in [5.41, 5.74) is 1.34. The lowest BCUT2D eigenvalue weighted by Crippen LogP contribution is -2.13. The number of pyridine rings is 1. The van der Waals surface area contributed by atoms with Crippen LogP contribution in [0.4, 0.5) is 11.5 Å². The Bertz CT molecular complexity index is 692. The number of methoxy groups -OCH3 is 1. The molecule has 2 aromatic rings. The predicted octanol–water partition coefficient (Wildman–Crippen LogP) is 2.65. The summed E-state index contributed by atoms with van der Waals surface area (Å²) in [5.74, 6) is 0.404. The van der Waals surface area contributed by atoms with Gasteiger partial charge in [0.2, 0.25) is 0 Å². The normalized spacial score (nSPS) is 9.91. The number of amides is 1. The Hall–Kier alpha value is -2.91. The largest absolute Gasteiger partial charge is 0.385 e. The number of carbonyl (C=O) groups excluding carboxylic acids is 1. The van der Waals surface area contributed by atoms with E-state index < -0.39 is 0 Å². The first kappa shape index (κ1) is 16.5. The average Bonchev–Trinajstić information content (AvgIpc) is 2.59. The lowest BCUT2D eigenvalue weighted by Gasteiger charge is -2.08. The van der Waals surface area contributed by atoms with Crippen LogP contribution < -0.4 is 10.6 Å². The zero-order valence-electron chi connectivity index (χ0n) is 12.9. The van der Waals surface area contributed by atoms with Crippen LogP contribution in [0.15, 0.2) is 42.6 Å². The molecule has 0 unspecified atom stereocenters. The third kappa shape index (κ3) is 4.80. The summed E-state index contributed by atoms with van der Waals surface area (Å²) in [6.45, 7) is 1.44. The van der Waals surface area contributed by atoms with Gasteiger partial charge in [-0.2, -0.15) is 5.26 Å². The molecule has 6 heteroatoms. The first-order chi connectivity index (χ1) is 11.2. The molecule has 118 valence electrons. The van der Waals surface area contributed by atoms with Crippen molar-refractivity contribution in [3.05, 3.63) is 53.7 Å². The molecule has 0 spiro atoms. The Labute approximate surface area is 135 Å². The smallest absolute Gasteiger partial charge is 0.257 e. The summed E-state index contributed by atoms with van der Waals surface area (Å²) in [4.78, 5) is 16.4. The van der Waals surface area contributed by atoms with Gasteiger partial charge in [-0.3, -0.25) is 4.79 Å². The Kier molecular flexibility index (Phi) is 6.09. The quantitative estimate of drug-likeness (QED) is 0.768. The van der Waals surface area contributed by atoms with Crippen molar-refractivity contribution in [2.24, 2.45) is 0 Å². The van der Waals surface area contributed by atoms with Crippen LogP contribution in [0.5, 0.6) is 0 Å². The fraction of sp³-hybridized carbons (Fsp3) is 0.235. The van der Waals surface area contributed by atoms with E-state index >= 15 is 0 Å². The Morgan fingerprint density at radius 3 is 2.83 bits per heavy atom. The first-order valence-electron chi connectivity index (χ1n) is 7.24.